The monoisotopic (exact) mass is 295 g/mol. The molecule has 0 fully saturated rings. The van der Waals surface area contributed by atoms with E-state index in [0.717, 1.165) is 18.2 Å². The number of halogens is 3. The third kappa shape index (κ3) is 3.34. The molecule has 0 amide bonds. The van der Waals surface area contributed by atoms with Crippen molar-refractivity contribution >= 4 is 17.3 Å². The maximum Gasteiger partial charge on any atom is 0.337 e. The molecule has 0 saturated heterocycles. The fourth-order valence-corrected chi connectivity index (χ4v) is 1.90. The number of carboxylic acids is 1. The molecule has 2 N–H and O–H groups in total. The number of hydrogen-bond donors (Lipinski definition) is 2. The van der Waals surface area contributed by atoms with Crippen LogP contribution >= 0.6 is 0 Å². The predicted octanol–water partition coefficient (Wildman–Crippen LogP) is 4.51. The number of aryl methyl sites for hydroxylation is 1. The van der Waals surface area contributed by atoms with E-state index in [1.165, 1.54) is 18.2 Å². The van der Waals surface area contributed by atoms with Gasteiger partial charge >= 0.3 is 5.97 Å². The van der Waals surface area contributed by atoms with Gasteiger partial charge in [0.2, 0.25) is 0 Å². The van der Waals surface area contributed by atoms with Crippen LogP contribution in [0.15, 0.2) is 36.4 Å². The summed E-state index contributed by atoms with van der Waals surface area (Å²) in [5.74, 6) is -1.67. The Morgan fingerprint density at radius 3 is 2.43 bits per heavy atom. The van der Waals surface area contributed by atoms with Gasteiger partial charge in [-0.05, 0) is 42.8 Å². The van der Waals surface area contributed by atoms with Gasteiger partial charge in [-0.15, -0.1) is 0 Å². The van der Waals surface area contributed by atoms with Crippen LogP contribution in [0.5, 0.6) is 0 Å². The van der Waals surface area contributed by atoms with E-state index in [1.54, 1.807) is 6.92 Å². The maximum absolute atomic E-state index is 13.0. The maximum atomic E-state index is 13.0. The van der Waals surface area contributed by atoms with Gasteiger partial charge in [0, 0.05) is 11.3 Å². The Kier molecular flexibility index (Phi) is 4.16. The molecule has 21 heavy (non-hydrogen) atoms. The molecule has 0 aromatic heterocycles. The van der Waals surface area contributed by atoms with Gasteiger partial charge in [0.05, 0.1) is 11.3 Å². The number of aromatic carboxylic acids is 1. The average molecular weight is 295 g/mol. The van der Waals surface area contributed by atoms with Crippen LogP contribution in [-0.4, -0.2) is 11.1 Å². The smallest absolute Gasteiger partial charge is 0.337 e. The largest absolute Gasteiger partial charge is 0.478 e. The van der Waals surface area contributed by atoms with E-state index >= 15 is 0 Å². The summed E-state index contributed by atoms with van der Waals surface area (Å²) >= 11 is 0. The number of benzene rings is 2. The summed E-state index contributed by atoms with van der Waals surface area (Å²) in [6.45, 7) is 1.63. The molecule has 0 unspecified atom stereocenters. The van der Waals surface area contributed by atoms with Crippen LogP contribution in [0.1, 0.15) is 27.9 Å². The van der Waals surface area contributed by atoms with Gasteiger partial charge in [-0.2, -0.15) is 0 Å². The minimum Gasteiger partial charge on any atom is -0.478 e. The molecule has 110 valence electrons. The van der Waals surface area contributed by atoms with E-state index in [9.17, 15) is 18.0 Å². The lowest BCUT2D eigenvalue weighted by Crippen LogP contribution is -2.04. The van der Waals surface area contributed by atoms with Crippen LogP contribution in [0.2, 0.25) is 0 Å². The van der Waals surface area contributed by atoms with Crippen molar-refractivity contribution in [1.82, 2.24) is 0 Å². The zero-order valence-electron chi connectivity index (χ0n) is 11.0. The highest BCUT2D eigenvalue weighted by Gasteiger charge is 2.15. The van der Waals surface area contributed by atoms with Crippen LogP contribution in [0.3, 0.4) is 0 Å². The quantitative estimate of drug-likeness (QED) is 0.872. The van der Waals surface area contributed by atoms with Crippen molar-refractivity contribution in [2.45, 2.75) is 13.3 Å². The van der Waals surface area contributed by atoms with E-state index < -0.39 is 18.2 Å². The lowest BCUT2D eigenvalue weighted by atomic mass is 10.1. The van der Waals surface area contributed by atoms with Crippen molar-refractivity contribution in [1.29, 1.82) is 0 Å². The molecule has 0 spiro atoms. The third-order valence-electron chi connectivity index (χ3n) is 2.98. The van der Waals surface area contributed by atoms with E-state index in [-0.39, 0.29) is 16.8 Å². The summed E-state index contributed by atoms with van der Waals surface area (Å²) in [4.78, 5) is 11.1. The Balaban J connectivity index is 2.45. The first-order valence-electron chi connectivity index (χ1n) is 6.07. The van der Waals surface area contributed by atoms with Crippen molar-refractivity contribution in [3.8, 4) is 0 Å². The molecule has 0 aliphatic rings. The topological polar surface area (TPSA) is 49.3 Å². The first-order chi connectivity index (χ1) is 9.88. The van der Waals surface area contributed by atoms with Gasteiger partial charge in [-0.25, -0.2) is 18.0 Å². The number of hydrogen-bond acceptors (Lipinski definition) is 2. The normalized spacial score (nSPS) is 10.7. The van der Waals surface area contributed by atoms with E-state index in [0.29, 0.717) is 11.3 Å². The van der Waals surface area contributed by atoms with Crippen molar-refractivity contribution in [3.63, 3.8) is 0 Å². The lowest BCUT2D eigenvalue weighted by Gasteiger charge is -2.13. The molecule has 2 aromatic rings. The second-order valence-electron chi connectivity index (χ2n) is 4.50. The molecular formula is C15H12F3NO2. The highest BCUT2D eigenvalue weighted by atomic mass is 19.3. The Labute approximate surface area is 119 Å². The number of carbonyl (C=O) groups is 1. The molecule has 0 atom stereocenters. The first kappa shape index (κ1) is 14.9. The zero-order valence-corrected chi connectivity index (χ0v) is 11.0. The fourth-order valence-electron chi connectivity index (χ4n) is 1.90. The summed E-state index contributed by atoms with van der Waals surface area (Å²) in [5.41, 5.74) is 0.597. The number of anilines is 2. The highest BCUT2D eigenvalue weighted by Crippen LogP contribution is 2.29. The van der Waals surface area contributed by atoms with Crippen molar-refractivity contribution in [2.24, 2.45) is 0 Å². The molecule has 0 radical (unpaired) electrons. The second kappa shape index (κ2) is 5.87. The van der Waals surface area contributed by atoms with Gasteiger partial charge in [0.1, 0.15) is 5.82 Å². The number of alkyl halides is 2. The molecule has 0 aliphatic heterocycles. The minimum absolute atomic E-state index is 0.0370. The van der Waals surface area contributed by atoms with E-state index in [1.807, 2.05) is 0 Å². The van der Waals surface area contributed by atoms with Crippen LogP contribution in [0, 0.1) is 12.7 Å². The lowest BCUT2D eigenvalue weighted by molar-refractivity contribution is 0.0697. The molecule has 2 aromatic carbocycles. The third-order valence-corrected chi connectivity index (χ3v) is 2.98. The molecule has 0 heterocycles. The van der Waals surface area contributed by atoms with Crippen molar-refractivity contribution < 1.29 is 23.1 Å². The van der Waals surface area contributed by atoms with Gasteiger partial charge in [-0.1, -0.05) is 6.07 Å². The fraction of sp³-hybridized carbons (Fsp3) is 0.133. The summed E-state index contributed by atoms with van der Waals surface area (Å²) in [5, 5.41) is 11.9. The Bertz CT molecular complexity index is 687. The molecule has 2 rings (SSSR count). The van der Waals surface area contributed by atoms with Crippen LogP contribution in [-0.2, 0) is 0 Å². The van der Waals surface area contributed by atoms with Crippen LogP contribution < -0.4 is 5.32 Å². The summed E-state index contributed by atoms with van der Waals surface area (Å²) in [6, 6.07) is 7.15. The van der Waals surface area contributed by atoms with Gasteiger partial charge in [-0.3, -0.25) is 0 Å². The molecule has 0 aliphatic carbocycles. The average Bonchev–Trinajstić information content (AvgIpc) is 2.41. The Morgan fingerprint density at radius 1 is 1.14 bits per heavy atom. The molecule has 0 bridgehead atoms. The molecule has 3 nitrogen and oxygen atoms in total. The molecular weight excluding hydrogens is 283 g/mol. The predicted molar refractivity (Wildman–Crippen MR) is 72.8 cm³/mol. The van der Waals surface area contributed by atoms with Gasteiger partial charge < -0.3 is 10.4 Å². The van der Waals surface area contributed by atoms with E-state index in [2.05, 4.69) is 5.32 Å². The highest BCUT2D eigenvalue weighted by molar-refractivity contribution is 5.95. The van der Waals surface area contributed by atoms with Crippen molar-refractivity contribution in [3.05, 3.63) is 58.9 Å². The summed E-state index contributed by atoms with van der Waals surface area (Å²) < 4.78 is 38.5. The molecule has 6 heteroatoms. The minimum atomic E-state index is -2.71. The Morgan fingerprint density at radius 2 is 1.86 bits per heavy atom. The SMILES string of the molecule is Cc1cc(F)ccc1Nc1cc(C(F)F)ccc1C(=O)O. The molecule has 0 saturated carbocycles. The van der Waals surface area contributed by atoms with E-state index in [4.69, 9.17) is 5.11 Å². The van der Waals surface area contributed by atoms with Gasteiger partial charge in [0.15, 0.2) is 0 Å². The first-order valence-corrected chi connectivity index (χ1v) is 6.07. The number of nitrogens with one attached hydrogen (secondary N) is 1. The zero-order chi connectivity index (χ0) is 15.6. The van der Waals surface area contributed by atoms with Crippen LogP contribution in [0.25, 0.3) is 0 Å². The standard InChI is InChI=1S/C15H12F3NO2/c1-8-6-10(16)3-5-12(8)19-13-7-9(14(17)18)2-4-11(13)15(20)21/h2-7,14,19H,1H3,(H,20,21). The Hall–Kier alpha value is -2.50. The second-order valence-corrected chi connectivity index (χ2v) is 4.50. The van der Waals surface area contributed by atoms with Crippen LogP contribution in [0.4, 0.5) is 24.5 Å². The number of carboxylic acid groups (broad SMARTS) is 1. The van der Waals surface area contributed by atoms with Gasteiger partial charge in [0.25, 0.3) is 6.43 Å². The van der Waals surface area contributed by atoms with Crippen molar-refractivity contribution in [2.75, 3.05) is 5.32 Å². The summed E-state index contributed by atoms with van der Waals surface area (Å²) in [6.07, 6.45) is -2.71. The summed E-state index contributed by atoms with van der Waals surface area (Å²) in [7, 11) is 0. The number of rotatable bonds is 4.